The van der Waals surface area contributed by atoms with Gasteiger partial charge in [-0.2, -0.15) is 0 Å². The fourth-order valence-corrected chi connectivity index (χ4v) is 2.02. The van der Waals surface area contributed by atoms with E-state index < -0.39 is 5.41 Å². The highest BCUT2D eigenvalue weighted by Crippen LogP contribution is 2.20. The summed E-state index contributed by atoms with van der Waals surface area (Å²) in [6.07, 6.45) is 1.86. The number of nitrogens with one attached hydrogen (secondary N) is 1. The summed E-state index contributed by atoms with van der Waals surface area (Å²) in [4.78, 5) is 5.49. The van der Waals surface area contributed by atoms with Gasteiger partial charge in [-0.1, -0.05) is 6.92 Å². The quantitative estimate of drug-likeness (QED) is 0.701. The summed E-state index contributed by atoms with van der Waals surface area (Å²) < 4.78 is 0. The maximum absolute atomic E-state index is 9.16. The fourth-order valence-electron chi connectivity index (χ4n) is 1.22. The van der Waals surface area contributed by atoms with Crippen LogP contribution in [0.15, 0.2) is 6.20 Å². The molecule has 1 aromatic rings. The second-order valence-electron chi connectivity index (χ2n) is 4.54. The number of aliphatic hydroxyl groups is 2. The van der Waals surface area contributed by atoms with Crippen molar-refractivity contribution in [2.75, 3.05) is 19.8 Å². The van der Waals surface area contributed by atoms with Crippen LogP contribution in [0.2, 0.25) is 0 Å². The monoisotopic (exact) mass is 244 g/mol. The minimum Gasteiger partial charge on any atom is -0.396 e. The van der Waals surface area contributed by atoms with Crippen LogP contribution < -0.4 is 5.32 Å². The average Bonchev–Trinajstić information content (AvgIpc) is 2.72. The lowest BCUT2D eigenvalue weighted by Crippen LogP contribution is -2.38. The minimum absolute atomic E-state index is 0.0277. The maximum Gasteiger partial charge on any atom is 0.109 e. The second kappa shape index (κ2) is 5.72. The first-order valence-corrected chi connectivity index (χ1v) is 6.20. The predicted octanol–water partition coefficient (Wildman–Crippen LogP) is 1.09. The molecular formula is C11H20N2O2S. The molecule has 1 aromatic heterocycles. The number of aliphatic hydroxyl groups excluding tert-OH is 2. The van der Waals surface area contributed by atoms with E-state index in [1.807, 2.05) is 27.0 Å². The van der Waals surface area contributed by atoms with Crippen LogP contribution in [0.25, 0.3) is 0 Å². The van der Waals surface area contributed by atoms with Gasteiger partial charge >= 0.3 is 0 Å². The number of rotatable bonds is 6. The lowest BCUT2D eigenvalue weighted by Gasteiger charge is -2.26. The van der Waals surface area contributed by atoms with Gasteiger partial charge in [0.25, 0.3) is 0 Å². The highest BCUT2D eigenvalue weighted by molar-refractivity contribution is 7.11. The standard InChI is InChI=1S/C11H20N2O2S/c1-8-4-12-10(16-8)9(2)13-5-11(3,6-14)7-15/h4,9,13-15H,5-7H2,1-3H3. The van der Waals surface area contributed by atoms with E-state index in [1.54, 1.807) is 11.3 Å². The fraction of sp³-hybridized carbons (Fsp3) is 0.727. The first-order chi connectivity index (χ1) is 7.50. The van der Waals surface area contributed by atoms with Gasteiger partial charge in [0.05, 0.1) is 19.3 Å². The van der Waals surface area contributed by atoms with E-state index in [9.17, 15) is 0 Å². The van der Waals surface area contributed by atoms with Gasteiger partial charge in [-0.25, -0.2) is 4.98 Å². The van der Waals surface area contributed by atoms with Gasteiger partial charge in [-0.05, 0) is 13.8 Å². The SMILES string of the molecule is Cc1cnc(C(C)NCC(C)(CO)CO)s1. The number of nitrogens with zero attached hydrogens (tertiary/aromatic N) is 1. The van der Waals surface area contributed by atoms with Gasteiger partial charge in [0.1, 0.15) is 5.01 Å². The Morgan fingerprint density at radius 3 is 2.56 bits per heavy atom. The van der Waals surface area contributed by atoms with Crippen LogP contribution in [0, 0.1) is 12.3 Å². The van der Waals surface area contributed by atoms with Crippen molar-refractivity contribution in [3.63, 3.8) is 0 Å². The van der Waals surface area contributed by atoms with Crippen molar-refractivity contribution in [2.24, 2.45) is 5.41 Å². The molecule has 1 rings (SSSR count). The smallest absolute Gasteiger partial charge is 0.109 e. The molecule has 0 amide bonds. The van der Waals surface area contributed by atoms with Crippen LogP contribution in [0.3, 0.4) is 0 Å². The molecule has 1 heterocycles. The molecule has 0 fully saturated rings. The zero-order valence-corrected chi connectivity index (χ0v) is 10.8. The average molecular weight is 244 g/mol. The van der Waals surface area contributed by atoms with Crippen molar-refractivity contribution in [2.45, 2.75) is 26.8 Å². The van der Waals surface area contributed by atoms with Gasteiger partial charge in [0.2, 0.25) is 0 Å². The largest absolute Gasteiger partial charge is 0.396 e. The molecule has 0 aliphatic carbocycles. The van der Waals surface area contributed by atoms with E-state index in [4.69, 9.17) is 10.2 Å². The molecule has 0 saturated carbocycles. The van der Waals surface area contributed by atoms with Gasteiger partial charge in [-0.15, -0.1) is 11.3 Å². The Hall–Kier alpha value is -0.490. The van der Waals surface area contributed by atoms with Crippen molar-refractivity contribution in [3.8, 4) is 0 Å². The first kappa shape index (κ1) is 13.6. The minimum atomic E-state index is -0.472. The van der Waals surface area contributed by atoms with Crippen LogP contribution in [0.4, 0.5) is 0 Å². The van der Waals surface area contributed by atoms with Crippen LogP contribution >= 0.6 is 11.3 Å². The van der Waals surface area contributed by atoms with E-state index in [2.05, 4.69) is 10.3 Å². The number of hydrogen-bond donors (Lipinski definition) is 3. The van der Waals surface area contributed by atoms with Crippen LogP contribution in [-0.2, 0) is 0 Å². The number of thiazole rings is 1. The highest BCUT2D eigenvalue weighted by atomic mass is 32.1. The van der Waals surface area contributed by atoms with Crippen molar-refractivity contribution >= 4 is 11.3 Å². The summed E-state index contributed by atoms with van der Waals surface area (Å²) in [6.45, 7) is 6.42. The lowest BCUT2D eigenvalue weighted by molar-refractivity contribution is 0.0677. The summed E-state index contributed by atoms with van der Waals surface area (Å²) in [7, 11) is 0. The van der Waals surface area contributed by atoms with Gasteiger partial charge in [-0.3, -0.25) is 0 Å². The number of aryl methyl sites for hydroxylation is 1. The predicted molar refractivity (Wildman–Crippen MR) is 65.5 cm³/mol. The Bertz CT molecular complexity index is 324. The van der Waals surface area contributed by atoms with Gasteiger partial charge in [0.15, 0.2) is 0 Å². The molecule has 0 spiro atoms. The van der Waals surface area contributed by atoms with Gasteiger partial charge < -0.3 is 15.5 Å². The third-order valence-electron chi connectivity index (χ3n) is 2.61. The normalized spacial score (nSPS) is 14.1. The molecule has 0 saturated heterocycles. The lowest BCUT2D eigenvalue weighted by atomic mass is 9.93. The molecule has 0 aliphatic rings. The Morgan fingerprint density at radius 2 is 2.12 bits per heavy atom. The summed E-state index contributed by atoms with van der Waals surface area (Å²) in [6, 6.07) is 0.149. The van der Waals surface area contributed by atoms with E-state index in [1.165, 1.54) is 4.88 Å². The Labute approximate surface area is 100 Å². The maximum atomic E-state index is 9.16. The van der Waals surface area contributed by atoms with Crippen molar-refractivity contribution in [3.05, 3.63) is 16.1 Å². The highest BCUT2D eigenvalue weighted by Gasteiger charge is 2.23. The first-order valence-electron chi connectivity index (χ1n) is 5.38. The van der Waals surface area contributed by atoms with Crippen LogP contribution in [0.5, 0.6) is 0 Å². The zero-order valence-electron chi connectivity index (χ0n) is 10.0. The Balaban J connectivity index is 2.49. The second-order valence-corrected chi connectivity index (χ2v) is 5.80. The summed E-state index contributed by atoms with van der Waals surface area (Å²) in [5.74, 6) is 0. The number of aromatic nitrogens is 1. The van der Waals surface area contributed by atoms with Crippen LogP contribution in [-0.4, -0.2) is 35.0 Å². The summed E-state index contributed by atoms with van der Waals surface area (Å²) >= 11 is 1.66. The van der Waals surface area contributed by atoms with Crippen molar-refractivity contribution < 1.29 is 10.2 Å². The molecule has 1 unspecified atom stereocenters. The molecular weight excluding hydrogens is 224 g/mol. The van der Waals surface area contributed by atoms with Crippen molar-refractivity contribution in [1.82, 2.24) is 10.3 Å². The Kier molecular flexibility index (Phi) is 4.86. The van der Waals surface area contributed by atoms with E-state index in [0.29, 0.717) is 6.54 Å². The zero-order chi connectivity index (χ0) is 12.2. The molecule has 0 bridgehead atoms. The van der Waals surface area contributed by atoms with E-state index in [-0.39, 0.29) is 19.3 Å². The molecule has 5 heteroatoms. The molecule has 92 valence electrons. The van der Waals surface area contributed by atoms with Gasteiger partial charge in [0, 0.05) is 23.0 Å². The summed E-state index contributed by atoms with van der Waals surface area (Å²) in [5.41, 5.74) is -0.472. The molecule has 0 aliphatic heterocycles. The molecule has 3 N–H and O–H groups in total. The third kappa shape index (κ3) is 3.52. The van der Waals surface area contributed by atoms with E-state index >= 15 is 0 Å². The third-order valence-corrected chi connectivity index (χ3v) is 3.70. The topological polar surface area (TPSA) is 65.4 Å². The number of hydrogen-bond acceptors (Lipinski definition) is 5. The molecule has 0 aromatic carbocycles. The Morgan fingerprint density at radius 1 is 1.50 bits per heavy atom. The van der Waals surface area contributed by atoms with E-state index in [0.717, 1.165) is 5.01 Å². The molecule has 1 atom stereocenters. The molecule has 0 radical (unpaired) electrons. The molecule has 16 heavy (non-hydrogen) atoms. The summed E-state index contributed by atoms with van der Waals surface area (Å²) in [5, 5.41) is 22.6. The van der Waals surface area contributed by atoms with Crippen LogP contribution in [0.1, 0.15) is 29.8 Å². The van der Waals surface area contributed by atoms with Crippen molar-refractivity contribution in [1.29, 1.82) is 0 Å². The molecule has 4 nitrogen and oxygen atoms in total.